The van der Waals surface area contributed by atoms with Gasteiger partial charge in [0.1, 0.15) is 0 Å². The second kappa shape index (κ2) is 6.11. The van der Waals surface area contributed by atoms with Crippen molar-refractivity contribution in [2.75, 3.05) is 18.2 Å². The van der Waals surface area contributed by atoms with Crippen molar-refractivity contribution in [2.45, 2.75) is 18.2 Å². The Morgan fingerprint density at radius 2 is 2.06 bits per heavy atom. The van der Waals surface area contributed by atoms with Crippen LogP contribution in [0.2, 0.25) is 0 Å². The van der Waals surface area contributed by atoms with E-state index in [9.17, 15) is 13.2 Å². The maximum absolute atomic E-state index is 13.3. The first-order valence-corrected chi connectivity index (χ1v) is 6.20. The van der Waals surface area contributed by atoms with E-state index < -0.39 is 17.6 Å². The predicted molar refractivity (Wildman–Crippen MR) is 61.6 cm³/mol. The van der Waals surface area contributed by atoms with E-state index in [1.165, 1.54) is 11.8 Å². The molecule has 0 aliphatic heterocycles. The van der Waals surface area contributed by atoms with E-state index in [1.54, 1.807) is 13.2 Å². The summed E-state index contributed by atoms with van der Waals surface area (Å²) in [6.45, 7) is 1.58. The molecule has 0 saturated heterocycles. The number of rotatable bonds is 5. The number of hydrogen-bond acceptors (Lipinski definition) is 4. The number of hydrogen-bond donors (Lipinski definition) is 2. The summed E-state index contributed by atoms with van der Waals surface area (Å²) >= 11 is 1.38. The minimum absolute atomic E-state index is 0.110. The standard InChI is InChI=1S/C10H13F3N2OS/c1-5(8(4-16)17-2)14-10-7(12)3-6(11)9(13)15-10/h3,5,8,16H,4H2,1-2H3,(H,14,15). The third-order valence-corrected chi connectivity index (χ3v) is 3.45. The molecule has 0 radical (unpaired) electrons. The molecule has 3 nitrogen and oxygen atoms in total. The molecule has 0 fully saturated rings. The van der Waals surface area contributed by atoms with Gasteiger partial charge in [0, 0.05) is 17.4 Å². The summed E-state index contributed by atoms with van der Waals surface area (Å²) < 4.78 is 38.7. The molecule has 1 aromatic rings. The molecule has 0 bridgehead atoms. The van der Waals surface area contributed by atoms with Crippen LogP contribution in [0.1, 0.15) is 6.92 Å². The third kappa shape index (κ3) is 3.50. The zero-order chi connectivity index (χ0) is 13.0. The Kier molecular flexibility index (Phi) is 5.07. The van der Waals surface area contributed by atoms with Crippen LogP contribution in [-0.4, -0.2) is 34.2 Å². The molecule has 0 spiro atoms. The smallest absolute Gasteiger partial charge is 0.251 e. The van der Waals surface area contributed by atoms with E-state index in [2.05, 4.69) is 10.3 Å². The molecule has 1 heterocycles. The summed E-state index contributed by atoms with van der Waals surface area (Å²) in [5.74, 6) is -4.01. The van der Waals surface area contributed by atoms with Crippen LogP contribution >= 0.6 is 11.8 Å². The van der Waals surface area contributed by atoms with E-state index in [0.29, 0.717) is 6.07 Å². The van der Waals surface area contributed by atoms with Crippen molar-refractivity contribution >= 4 is 17.6 Å². The van der Waals surface area contributed by atoms with Gasteiger partial charge in [0.25, 0.3) is 5.95 Å². The monoisotopic (exact) mass is 266 g/mol. The van der Waals surface area contributed by atoms with E-state index in [0.717, 1.165) is 0 Å². The maximum atomic E-state index is 13.3. The van der Waals surface area contributed by atoms with Gasteiger partial charge in [0.05, 0.1) is 6.61 Å². The van der Waals surface area contributed by atoms with Crippen LogP contribution in [-0.2, 0) is 0 Å². The molecule has 1 aromatic heterocycles. The quantitative estimate of drug-likeness (QED) is 0.800. The molecular weight excluding hydrogens is 253 g/mol. The zero-order valence-corrected chi connectivity index (χ0v) is 10.2. The van der Waals surface area contributed by atoms with Crippen molar-refractivity contribution in [3.8, 4) is 0 Å². The van der Waals surface area contributed by atoms with Crippen LogP contribution in [0.25, 0.3) is 0 Å². The first kappa shape index (κ1) is 14.1. The van der Waals surface area contributed by atoms with Gasteiger partial charge in [-0.1, -0.05) is 0 Å². The van der Waals surface area contributed by atoms with Gasteiger partial charge >= 0.3 is 0 Å². The molecule has 7 heteroatoms. The molecule has 2 unspecified atom stereocenters. The Morgan fingerprint density at radius 1 is 1.41 bits per heavy atom. The average molecular weight is 266 g/mol. The van der Waals surface area contributed by atoms with Gasteiger partial charge in [-0.15, -0.1) is 0 Å². The lowest BCUT2D eigenvalue weighted by molar-refractivity contribution is 0.288. The second-order valence-corrected chi connectivity index (χ2v) is 4.56. The van der Waals surface area contributed by atoms with Gasteiger partial charge in [-0.3, -0.25) is 0 Å². The Bertz CT molecular complexity index is 388. The van der Waals surface area contributed by atoms with Gasteiger partial charge < -0.3 is 10.4 Å². The molecular formula is C10H13F3N2OS. The molecule has 0 amide bonds. The number of nitrogens with one attached hydrogen (secondary N) is 1. The first-order chi connectivity index (χ1) is 7.99. The minimum Gasteiger partial charge on any atom is -0.395 e. The number of aromatic nitrogens is 1. The van der Waals surface area contributed by atoms with Crippen LogP contribution in [0, 0.1) is 17.6 Å². The van der Waals surface area contributed by atoms with Crippen LogP contribution < -0.4 is 5.32 Å². The molecule has 2 N–H and O–H groups in total. The van der Waals surface area contributed by atoms with Gasteiger partial charge in [-0.05, 0) is 13.2 Å². The Morgan fingerprint density at radius 3 is 2.59 bits per heavy atom. The Balaban J connectivity index is 2.84. The van der Waals surface area contributed by atoms with Crippen molar-refractivity contribution in [3.05, 3.63) is 23.6 Å². The van der Waals surface area contributed by atoms with Gasteiger partial charge in [0.2, 0.25) is 0 Å². The molecule has 2 atom stereocenters. The Hall–Kier alpha value is -0.950. The van der Waals surface area contributed by atoms with Gasteiger partial charge in [-0.25, -0.2) is 8.78 Å². The highest BCUT2D eigenvalue weighted by atomic mass is 32.2. The zero-order valence-electron chi connectivity index (χ0n) is 9.38. The highest BCUT2D eigenvalue weighted by Gasteiger charge is 2.18. The number of thioether (sulfide) groups is 1. The highest BCUT2D eigenvalue weighted by Crippen LogP contribution is 2.18. The van der Waals surface area contributed by atoms with Crippen molar-refractivity contribution in [2.24, 2.45) is 0 Å². The third-order valence-electron chi connectivity index (χ3n) is 2.29. The summed E-state index contributed by atoms with van der Waals surface area (Å²) in [7, 11) is 0. The number of pyridine rings is 1. The molecule has 0 aliphatic rings. The SMILES string of the molecule is CSC(CO)C(C)Nc1nc(F)c(F)cc1F. The number of anilines is 1. The number of halogens is 3. The fourth-order valence-electron chi connectivity index (χ4n) is 1.29. The van der Waals surface area contributed by atoms with Crippen molar-refractivity contribution in [1.29, 1.82) is 0 Å². The average Bonchev–Trinajstić information content (AvgIpc) is 2.27. The molecule has 1 rings (SSSR count). The largest absolute Gasteiger partial charge is 0.395 e. The fraction of sp³-hybridized carbons (Fsp3) is 0.500. The number of aliphatic hydroxyl groups excluding tert-OH is 1. The lowest BCUT2D eigenvalue weighted by Crippen LogP contribution is -2.31. The Labute approximate surface area is 101 Å². The van der Waals surface area contributed by atoms with E-state index in [-0.39, 0.29) is 23.7 Å². The van der Waals surface area contributed by atoms with Crippen LogP contribution in [0.4, 0.5) is 19.0 Å². The first-order valence-electron chi connectivity index (χ1n) is 4.91. The minimum atomic E-state index is -1.36. The topological polar surface area (TPSA) is 45.1 Å². The summed E-state index contributed by atoms with van der Waals surface area (Å²) in [5, 5.41) is 11.4. The molecule has 96 valence electrons. The summed E-state index contributed by atoms with van der Waals surface area (Å²) in [4.78, 5) is 3.14. The highest BCUT2D eigenvalue weighted by molar-refractivity contribution is 7.99. The maximum Gasteiger partial charge on any atom is 0.251 e. The second-order valence-electron chi connectivity index (χ2n) is 3.48. The normalized spacial score (nSPS) is 14.5. The van der Waals surface area contributed by atoms with E-state index in [4.69, 9.17) is 5.11 Å². The predicted octanol–water partition coefficient (Wildman–Crippen LogP) is 2.02. The number of aliphatic hydroxyl groups is 1. The fourth-order valence-corrected chi connectivity index (χ4v) is 1.92. The van der Waals surface area contributed by atoms with Gasteiger partial charge in [-0.2, -0.15) is 21.1 Å². The van der Waals surface area contributed by atoms with Gasteiger partial charge in [0.15, 0.2) is 17.5 Å². The van der Waals surface area contributed by atoms with Crippen LogP contribution in [0.3, 0.4) is 0 Å². The summed E-state index contributed by atoms with van der Waals surface area (Å²) in [6, 6.07) is 0.103. The molecule has 0 saturated carbocycles. The van der Waals surface area contributed by atoms with E-state index >= 15 is 0 Å². The van der Waals surface area contributed by atoms with E-state index in [1.807, 2.05) is 0 Å². The lowest BCUT2D eigenvalue weighted by atomic mass is 10.2. The molecule has 0 aromatic carbocycles. The number of nitrogens with zero attached hydrogens (tertiary/aromatic N) is 1. The van der Waals surface area contributed by atoms with Crippen LogP contribution in [0.5, 0.6) is 0 Å². The molecule has 0 aliphatic carbocycles. The van der Waals surface area contributed by atoms with Crippen molar-refractivity contribution in [1.82, 2.24) is 4.98 Å². The van der Waals surface area contributed by atoms with Crippen molar-refractivity contribution in [3.63, 3.8) is 0 Å². The molecule has 17 heavy (non-hydrogen) atoms. The summed E-state index contributed by atoms with van der Waals surface area (Å²) in [6.07, 6.45) is 1.79. The van der Waals surface area contributed by atoms with Crippen LogP contribution in [0.15, 0.2) is 6.07 Å². The summed E-state index contributed by atoms with van der Waals surface area (Å²) in [5.41, 5.74) is 0. The lowest BCUT2D eigenvalue weighted by Gasteiger charge is -2.21. The van der Waals surface area contributed by atoms with Crippen molar-refractivity contribution < 1.29 is 18.3 Å².